The van der Waals surface area contributed by atoms with Crippen LogP contribution in [0.5, 0.6) is 5.75 Å². The zero-order chi connectivity index (χ0) is 43.5. The Morgan fingerprint density at radius 3 is 2.38 bits per heavy atom. The number of aromatic nitrogens is 4. The Balaban J connectivity index is 1.09. The third kappa shape index (κ3) is 12.0. The summed E-state index contributed by atoms with van der Waals surface area (Å²) in [7, 11) is 0. The van der Waals surface area contributed by atoms with E-state index >= 15 is 0 Å². The number of nitrogens with one attached hydrogen (secondary N) is 3. The number of carbonyl (C=O) groups is 2. The van der Waals surface area contributed by atoms with E-state index in [9.17, 15) is 20.1 Å². The summed E-state index contributed by atoms with van der Waals surface area (Å²) >= 11 is 9.03. The zero-order valence-electron chi connectivity index (χ0n) is 34.3. The highest BCUT2D eigenvalue weighted by atomic mass is 35.5. The van der Waals surface area contributed by atoms with Crippen molar-refractivity contribution in [3.05, 3.63) is 106 Å². The van der Waals surface area contributed by atoms with Crippen LogP contribution in [0.15, 0.2) is 83.9 Å². The van der Waals surface area contributed by atoms with E-state index in [-0.39, 0.29) is 25.5 Å². The molecule has 14 nitrogen and oxygen atoms in total. The van der Waals surface area contributed by atoms with Crippen LogP contribution in [-0.2, 0) is 31.2 Å². The van der Waals surface area contributed by atoms with Gasteiger partial charge in [0.2, 0.25) is 5.91 Å². The Morgan fingerprint density at radius 2 is 1.72 bits per heavy atom. The molecule has 6 rings (SSSR count). The molecule has 316 valence electrons. The number of H-pyrrole nitrogens is 1. The largest absolute Gasteiger partial charge is 0.490 e. The Hall–Kier alpha value is -6.07. The molecule has 2 atom stereocenters. The molecule has 3 N–H and O–H groups in total. The topological polar surface area (TPSA) is 191 Å². The number of esters is 1. The first kappa shape index (κ1) is 44.5. The van der Waals surface area contributed by atoms with Crippen molar-refractivity contribution in [2.45, 2.75) is 75.4 Å². The number of imidazole rings is 1. The number of hydrogen-bond donors (Lipinski definition) is 3. The van der Waals surface area contributed by atoms with Crippen LogP contribution in [-0.4, -0.2) is 75.8 Å². The number of nitriles is 2. The molecule has 5 aromatic rings. The van der Waals surface area contributed by atoms with Gasteiger partial charge in [-0.3, -0.25) is 4.79 Å². The van der Waals surface area contributed by atoms with Gasteiger partial charge in [-0.15, -0.1) is 11.3 Å². The highest BCUT2D eigenvalue weighted by Gasteiger charge is 2.28. The monoisotopic (exact) mass is 879 g/mol. The van der Waals surface area contributed by atoms with Gasteiger partial charge in [-0.2, -0.15) is 10.5 Å². The van der Waals surface area contributed by atoms with E-state index in [1.807, 2.05) is 50.4 Å². The van der Waals surface area contributed by atoms with E-state index in [1.165, 1.54) is 36.3 Å². The van der Waals surface area contributed by atoms with Crippen LogP contribution in [0.25, 0.3) is 21.7 Å². The van der Waals surface area contributed by atoms with Crippen LogP contribution in [0, 0.1) is 22.7 Å². The number of nitrogens with zero attached hydrogens (tertiary/aromatic N) is 6. The van der Waals surface area contributed by atoms with Crippen molar-refractivity contribution >= 4 is 52.4 Å². The number of carbonyl (C=O) groups excluding carboxylic acids is 2. The van der Waals surface area contributed by atoms with Crippen LogP contribution in [0.4, 0.5) is 5.82 Å². The molecule has 1 aliphatic heterocycles. The van der Waals surface area contributed by atoms with E-state index in [1.54, 1.807) is 30.5 Å². The van der Waals surface area contributed by atoms with Crippen molar-refractivity contribution in [1.29, 1.82) is 10.5 Å². The highest BCUT2D eigenvalue weighted by Crippen LogP contribution is 2.40. The lowest BCUT2D eigenvalue weighted by atomic mass is 9.96. The molecule has 0 spiro atoms. The maximum atomic E-state index is 13.3. The zero-order valence-corrected chi connectivity index (χ0v) is 36.7. The number of pyridine rings is 1. The lowest BCUT2D eigenvalue weighted by Crippen LogP contribution is -2.50. The summed E-state index contributed by atoms with van der Waals surface area (Å²) in [5.74, 6) is 0.658. The summed E-state index contributed by atoms with van der Waals surface area (Å²) in [6.07, 6.45) is 5.34. The van der Waals surface area contributed by atoms with Crippen molar-refractivity contribution in [3.63, 3.8) is 0 Å². The average Bonchev–Trinajstić information content (AvgIpc) is 4.05. The summed E-state index contributed by atoms with van der Waals surface area (Å²) in [6, 6.07) is 17.5. The van der Waals surface area contributed by atoms with Crippen LogP contribution in [0.2, 0.25) is 5.02 Å². The lowest BCUT2D eigenvalue weighted by molar-refractivity contribution is -0.148. The van der Waals surface area contributed by atoms with Crippen molar-refractivity contribution in [1.82, 2.24) is 30.6 Å². The van der Waals surface area contributed by atoms with Crippen molar-refractivity contribution < 1.29 is 23.8 Å². The molecule has 0 aliphatic carbocycles. The number of thiazole rings is 1. The first-order chi connectivity index (χ1) is 29.3. The second kappa shape index (κ2) is 20.5. The molecule has 0 radical (unpaired) electrons. The number of amides is 1. The summed E-state index contributed by atoms with van der Waals surface area (Å²) in [5.41, 5.74) is 3.82. The maximum Gasteiger partial charge on any atom is 0.328 e. The molecule has 1 saturated heterocycles. The minimum absolute atomic E-state index is 0.0398. The van der Waals surface area contributed by atoms with Crippen molar-refractivity contribution in [2.24, 2.45) is 0 Å². The molecule has 2 aromatic carbocycles. The number of halogens is 1. The van der Waals surface area contributed by atoms with Gasteiger partial charge >= 0.3 is 5.97 Å². The van der Waals surface area contributed by atoms with Gasteiger partial charge in [0.05, 0.1) is 17.6 Å². The predicted molar refractivity (Wildman–Crippen MR) is 236 cm³/mol. The van der Waals surface area contributed by atoms with E-state index in [4.69, 9.17) is 35.8 Å². The quantitative estimate of drug-likeness (QED) is 0.0335. The van der Waals surface area contributed by atoms with E-state index in [2.05, 4.69) is 44.2 Å². The van der Waals surface area contributed by atoms with Gasteiger partial charge in [0.25, 0.3) is 0 Å². The Labute approximate surface area is 368 Å². The average molecular weight is 880 g/mol. The van der Waals surface area contributed by atoms with Crippen molar-refractivity contribution in [3.8, 4) is 39.6 Å². The molecule has 1 fully saturated rings. The second-order valence-electron chi connectivity index (χ2n) is 15.1. The Kier molecular flexibility index (Phi) is 14.9. The normalized spacial score (nSPS) is 13.4. The fourth-order valence-corrected chi connectivity index (χ4v) is 8.42. The standard InChI is InChI=1S/C44H46ClN9O5S2/c1-27(50-40(55)37(20-32-23-48-26-49-32)51-28(2)59-44(3,4)5)43(56)58-19-18-57-34-14-10-29(11-15-34)38-35(21-46)39(54-16-6-7-17-54)53-42(36(38)22-47)61-25-33-24-60-41(52-33)30-8-12-31(45)13-9-30/h8-15,23-24,26-27,37,51H,2,6-7,16-20,25H2,1,3-5H3,(H,48,49)(H,50,55)/t27-,37-/m0/s1. The second-order valence-corrected chi connectivity index (χ2v) is 17.4. The van der Waals surface area contributed by atoms with Crippen LogP contribution in [0.3, 0.4) is 0 Å². The SMILES string of the molecule is C=C(N[C@@H](Cc1cnc[nH]1)C(=O)N[C@@H](C)C(=O)OCCOc1ccc(-c2c(C#N)c(SCc3csc(-c4ccc(Cl)cc4)n3)nc(N3CCCC3)c2C#N)cc1)OC(C)(C)C. The fraction of sp³-hybridized carbons (Fsp3) is 0.341. The number of ether oxygens (including phenoxy) is 3. The molecule has 0 saturated carbocycles. The van der Waals surface area contributed by atoms with Gasteiger partial charge in [0.1, 0.15) is 70.2 Å². The highest BCUT2D eigenvalue weighted by molar-refractivity contribution is 7.98. The molecule has 3 aromatic heterocycles. The van der Waals surface area contributed by atoms with Crippen LogP contribution < -0.4 is 20.3 Å². The Bertz CT molecular complexity index is 2400. The molecule has 1 aliphatic rings. The van der Waals surface area contributed by atoms with Gasteiger partial charge in [-0.1, -0.05) is 47.6 Å². The lowest BCUT2D eigenvalue weighted by Gasteiger charge is -2.27. The number of anilines is 1. The number of aromatic amines is 1. The van der Waals surface area contributed by atoms with E-state index in [0.29, 0.717) is 55.3 Å². The van der Waals surface area contributed by atoms with Crippen LogP contribution >= 0.6 is 34.7 Å². The number of thioether (sulfide) groups is 1. The van der Waals surface area contributed by atoms with Gasteiger partial charge in [0, 0.05) is 58.7 Å². The minimum atomic E-state index is -0.958. The van der Waals surface area contributed by atoms with Gasteiger partial charge < -0.3 is 34.7 Å². The minimum Gasteiger partial charge on any atom is -0.490 e. The summed E-state index contributed by atoms with van der Waals surface area (Å²) in [6.45, 7) is 12.5. The van der Waals surface area contributed by atoms with Gasteiger partial charge in [-0.05, 0) is 76.9 Å². The fourth-order valence-electron chi connectivity index (χ4n) is 6.49. The molecular weight excluding hydrogens is 834 g/mol. The molecular formula is C44H46ClN9O5S2. The third-order valence-electron chi connectivity index (χ3n) is 9.29. The molecule has 4 heterocycles. The summed E-state index contributed by atoms with van der Waals surface area (Å²) < 4.78 is 17.1. The van der Waals surface area contributed by atoms with E-state index < -0.39 is 29.6 Å². The first-order valence-electron chi connectivity index (χ1n) is 19.6. The molecule has 0 bridgehead atoms. The van der Waals surface area contributed by atoms with Crippen molar-refractivity contribution in [2.75, 3.05) is 31.2 Å². The van der Waals surface area contributed by atoms with Gasteiger partial charge in [0.15, 0.2) is 5.88 Å². The smallest absolute Gasteiger partial charge is 0.328 e. The molecule has 0 unspecified atom stereocenters. The van der Waals surface area contributed by atoms with Crippen LogP contribution in [0.1, 0.15) is 63.1 Å². The Morgan fingerprint density at radius 1 is 1.02 bits per heavy atom. The van der Waals surface area contributed by atoms with E-state index in [0.717, 1.165) is 42.2 Å². The maximum absolute atomic E-state index is 13.3. The number of benzene rings is 2. The predicted octanol–water partition coefficient (Wildman–Crippen LogP) is 7.80. The van der Waals surface area contributed by atoms with Gasteiger partial charge in [-0.25, -0.2) is 19.7 Å². The summed E-state index contributed by atoms with van der Waals surface area (Å²) in [5, 5.41) is 30.8. The number of hydrogen-bond acceptors (Lipinski definition) is 14. The first-order valence-corrected chi connectivity index (χ1v) is 21.8. The molecule has 1 amide bonds. The summed E-state index contributed by atoms with van der Waals surface area (Å²) in [4.78, 5) is 45.0. The molecule has 17 heteroatoms. The molecule has 61 heavy (non-hydrogen) atoms. The third-order valence-corrected chi connectivity index (χ3v) is 11.5. The number of rotatable bonds is 18.